The SMILES string of the molecule is C=C(C)CN1C[CH]CCC1. The van der Waals surface area contributed by atoms with E-state index >= 15 is 0 Å². The van der Waals surface area contributed by atoms with E-state index < -0.39 is 0 Å². The maximum atomic E-state index is 3.89. The lowest BCUT2D eigenvalue weighted by molar-refractivity contribution is 0.284. The van der Waals surface area contributed by atoms with Crippen LogP contribution >= 0.6 is 0 Å². The van der Waals surface area contributed by atoms with Crippen LogP contribution in [0.1, 0.15) is 19.8 Å². The Hall–Kier alpha value is -0.300. The van der Waals surface area contributed by atoms with Crippen molar-refractivity contribution in [3.63, 3.8) is 0 Å². The summed E-state index contributed by atoms with van der Waals surface area (Å²) < 4.78 is 0. The van der Waals surface area contributed by atoms with Gasteiger partial charge in [0.05, 0.1) is 0 Å². The lowest BCUT2D eigenvalue weighted by Crippen LogP contribution is -2.31. The summed E-state index contributed by atoms with van der Waals surface area (Å²) in [4.78, 5) is 2.44. The van der Waals surface area contributed by atoms with Crippen LogP contribution in [0.2, 0.25) is 0 Å². The number of nitrogens with zero attached hydrogens (tertiary/aromatic N) is 1. The summed E-state index contributed by atoms with van der Waals surface area (Å²) in [6, 6.07) is 0. The maximum absolute atomic E-state index is 3.89. The zero-order valence-corrected chi connectivity index (χ0v) is 6.77. The molecule has 1 radical (unpaired) electrons. The Morgan fingerprint density at radius 2 is 2.50 bits per heavy atom. The highest BCUT2D eigenvalue weighted by Crippen LogP contribution is 2.08. The molecule has 1 nitrogen and oxygen atoms in total. The first-order valence-corrected chi connectivity index (χ1v) is 3.97. The molecule has 1 aliphatic heterocycles. The van der Waals surface area contributed by atoms with Crippen LogP contribution in [0.25, 0.3) is 0 Å². The number of hydrogen-bond donors (Lipinski definition) is 0. The average Bonchev–Trinajstić information content (AvgIpc) is 1.88. The van der Waals surface area contributed by atoms with Gasteiger partial charge in [0.25, 0.3) is 0 Å². The van der Waals surface area contributed by atoms with Crippen molar-refractivity contribution in [3.05, 3.63) is 18.6 Å². The number of hydrogen-bond acceptors (Lipinski definition) is 1. The third-order valence-corrected chi connectivity index (χ3v) is 1.76. The van der Waals surface area contributed by atoms with Gasteiger partial charge in [0, 0.05) is 13.1 Å². The second-order valence-corrected chi connectivity index (χ2v) is 3.12. The molecule has 0 saturated carbocycles. The molecule has 1 rings (SSSR count). The zero-order valence-electron chi connectivity index (χ0n) is 6.77. The number of rotatable bonds is 2. The van der Waals surface area contributed by atoms with Gasteiger partial charge in [0.1, 0.15) is 0 Å². The third kappa shape index (κ3) is 2.53. The minimum absolute atomic E-state index is 1.08. The van der Waals surface area contributed by atoms with Crippen molar-refractivity contribution in [2.45, 2.75) is 19.8 Å². The fourth-order valence-electron chi connectivity index (χ4n) is 1.35. The molecule has 0 aromatic rings. The van der Waals surface area contributed by atoms with Crippen molar-refractivity contribution in [2.24, 2.45) is 0 Å². The Morgan fingerprint density at radius 1 is 1.70 bits per heavy atom. The highest BCUT2D eigenvalue weighted by atomic mass is 15.1. The normalized spacial score (nSPS) is 20.9. The first-order valence-electron chi connectivity index (χ1n) is 3.97. The van der Waals surface area contributed by atoms with E-state index in [4.69, 9.17) is 0 Å². The van der Waals surface area contributed by atoms with Gasteiger partial charge in [-0.25, -0.2) is 0 Å². The van der Waals surface area contributed by atoms with E-state index in [1.165, 1.54) is 25.0 Å². The summed E-state index contributed by atoms with van der Waals surface area (Å²) in [5.41, 5.74) is 1.27. The van der Waals surface area contributed by atoms with Crippen molar-refractivity contribution in [1.82, 2.24) is 4.90 Å². The number of piperidine rings is 1. The molecule has 0 N–H and O–H groups in total. The van der Waals surface area contributed by atoms with Gasteiger partial charge >= 0.3 is 0 Å². The molecule has 1 aliphatic rings. The van der Waals surface area contributed by atoms with Gasteiger partial charge in [-0.05, 0) is 32.7 Å². The molecule has 1 heterocycles. The van der Waals surface area contributed by atoms with E-state index in [2.05, 4.69) is 24.8 Å². The highest BCUT2D eigenvalue weighted by Gasteiger charge is 2.08. The van der Waals surface area contributed by atoms with Crippen LogP contribution in [0.5, 0.6) is 0 Å². The van der Waals surface area contributed by atoms with Gasteiger partial charge in [-0.3, -0.25) is 4.90 Å². The van der Waals surface area contributed by atoms with Crippen LogP contribution in [-0.2, 0) is 0 Å². The summed E-state index contributed by atoms with van der Waals surface area (Å²) in [7, 11) is 0. The molecule has 0 spiro atoms. The van der Waals surface area contributed by atoms with Crippen molar-refractivity contribution in [3.8, 4) is 0 Å². The standard InChI is InChI=1S/C9H16N/c1-9(2)8-10-6-4-3-5-7-10/h4H,1,3,5-8H2,2H3. The fourth-order valence-corrected chi connectivity index (χ4v) is 1.35. The maximum Gasteiger partial charge on any atom is 0.0187 e. The summed E-state index contributed by atoms with van der Waals surface area (Å²) in [5, 5.41) is 0. The minimum Gasteiger partial charge on any atom is -0.299 e. The van der Waals surface area contributed by atoms with E-state index in [1.54, 1.807) is 0 Å². The minimum atomic E-state index is 1.08. The van der Waals surface area contributed by atoms with Crippen LogP contribution in [0, 0.1) is 6.42 Å². The summed E-state index contributed by atoms with van der Waals surface area (Å²) >= 11 is 0. The Morgan fingerprint density at radius 3 is 3.00 bits per heavy atom. The van der Waals surface area contributed by atoms with E-state index in [-0.39, 0.29) is 0 Å². The molecule has 0 atom stereocenters. The molecule has 1 heteroatoms. The molecule has 1 fully saturated rings. The van der Waals surface area contributed by atoms with Crippen LogP contribution in [0.3, 0.4) is 0 Å². The molecule has 0 amide bonds. The predicted molar refractivity (Wildman–Crippen MR) is 44.8 cm³/mol. The lowest BCUT2D eigenvalue weighted by atomic mass is 10.1. The molecule has 57 valence electrons. The molecule has 0 aliphatic carbocycles. The first-order chi connectivity index (χ1) is 4.79. The van der Waals surface area contributed by atoms with Gasteiger partial charge in [0.15, 0.2) is 0 Å². The molecule has 0 bridgehead atoms. The Balaban J connectivity index is 2.19. The summed E-state index contributed by atoms with van der Waals surface area (Å²) in [6.45, 7) is 9.48. The van der Waals surface area contributed by atoms with Crippen LogP contribution < -0.4 is 0 Å². The van der Waals surface area contributed by atoms with Crippen molar-refractivity contribution in [1.29, 1.82) is 0 Å². The van der Waals surface area contributed by atoms with Crippen LogP contribution in [-0.4, -0.2) is 24.5 Å². The average molecular weight is 138 g/mol. The van der Waals surface area contributed by atoms with Gasteiger partial charge in [-0.2, -0.15) is 0 Å². The lowest BCUT2D eigenvalue weighted by Gasteiger charge is -2.25. The molecular formula is C9H16N. The predicted octanol–water partition coefficient (Wildman–Crippen LogP) is 1.86. The summed E-state index contributed by atoms with van der Waals surface area (Å²) in [6.07, 6.45) is 4.98. The molecule has 0 aromatic heterocycles. The van der Waals surface area contributed by atoms with E-state index in [0.29, 0.717) is 0 Å². The first kappa shape index (κ1) is 7.80. The Kier molecular flexibility index (Phi) is 2.94. The van der Waals surface area contributed by atoms with E-state index in [9.17, 15) is 0 Å². The fraction of sp³-hybridized carbons (Fsp3) is 0.667. The molecule has 10 heavy (non-hydrogen) atoms. The molecular weight excluding hydrogens is 122 g/mol. The van der Waals surface area contributed by atoms with E-state index in [0.717, 1.165) is 13.1 Å². The van der Waals surface area contributed by atoms with Gasteiger partial charge in [0.2, 0.25) is 0 Å². The molecule has 0 aromatic carbocycles. The largest absolute Gasteiger partial charge is 0.299 e. The topological polar surface area (TPSA) is 3.24 Å². The quantitative estimate of drug-likeness (QED) is 0.526. The Labute approximate surface area is 63.7 Å². The third-order valence-electron chi connectivity index (χ3n) is 1.76. The second kappa shape index (κ2) is 3.77. The van der Waals surface area contributed by atoms with Crippen LogP contribution in [0.4, 0.5) is 0 Å². The number of likely N-dealkylation sites (tertiary alicyclic amines) is 1. The van der Waals surface area contributed by atoms with Crippen molar-refractivity contribution >= 4 is 0 Å². The van der Waals surface area contributed by atoms with Gasteiger partial charge in [-0.1, -0.05) is 12.2 Å². The summed E-state index contributed by atoms with van der Waals surface area (Å²) in [5.74, 6) is 0. The van der Waals surface area contributed by atoms with Crippen LogP contribution in [0.15, 0.2) is 12.2 Å². The second-order valence-electron chi connectivity index (χ2n) is 3.12. The zero-order chi connectivity index (χ0) is 7.40. The van der Waals surface area contributed by atoms with Crippen molar-refractivity contribution < 1.29 is 0 Å². The molecule has 0 unspecified atom stereocenters. The van der Waals surface area contributed by atoms with E-state index in [1.807, 2.05) is 0 Å². The van der Waals surface area contributed by atoms with Crippen molar-refractivity contribution in [2.75, 3.05) is 19.6 Å². The van der Waals surface area contributed by atoms with Gasteiger partial charge < -0.3 is 0 Å². The van der Waals surface area contributed by atoms with Gasteiger partial charge in [-0.15, -0.1) is 0 Å². The smallest absolute Gasteiger partial charge is 0.0187 e. The highest BCUT2D eigenvalue weighted by molar-refractivity contribution is 4.93. The Bertz CT molecular complexity index is 112. The molecule has 1 saturated heterocycles. The monoisotopic (exact) mass is 138 g/mol.